The topological polar surface area (TPSA) is 68.4 Å². The number of para-hydroxylation sites is 2. The highest BCUT2D eigenvalue weighted by atomic mass is 35.5. The van der Waals surface area contributed by atoms with Gasteiger partial charge in [0, 0.05) is 17.0 Å². The molecule has 0 aliphatic heterocycles. The first-order valence-corrected chi connectivity index (χ1v) is 7.69. The van der Waals surface area contributed by atoms with Gasteiger partial charge in [0.2, 0.25) is 5.56 Å². The molecule has 0 aliphatic rings. The number of halogens is 1. The Morgan fingerprint density at radius 1 is 1.04 bits per heavy atom. The lowest BCUT2D eigenvalue weighted by atomic mass is 10.1. The average molecular weight is 344 g/mol. The second-order valence-electron chi connectivity index (χ2n) is 5.01. The molecule has 0 atom stereocenters. The molecular formula is C18H14ClNO4. The lowest BCUT2D eigenvalue weighted by Gasteiger charge is -2.09. The Morgan fingerprint density at radius 3 is 2.62 bits per heavy atom. The Morgan fingerprint density at radius 2 is 1.79 bits per heavy atom. The van der Waals surface area contributed by atoms with E-state index in [4.69, 9.17) is 21.1 Å². The van der Waals surface area contributed by atoms with Crippen LogP contribution >= 0.6 is 11.6 Å². The average Bonchev–Trinajstić information content (AvgIpc) is 2.59. The quantitative estimate of drug-likeness (QED) is 0.569. The maximum Gasteiger partial charge on any atom is 0.339 e. The van der Waals surface area contributed by atoms with Crippen molar-refractivity contribution in [3.63, 3.8) is 0 Å². The first kappa shape index (κ1) is 16.1. The van der Waals surface area contributed by atoms with Gasteiger partial charge < -0.3 is 14.5 Å². The van der Waals surface area contributed by atoms with Gasteiger partial charge in [-0.3, -0.25) is 4.79 Å². The molecule has 2 aromatic carbocycles. The van der Waals surface area contributed by atoms with Crippen LogP contribution in [0.1, 0.15) is 10.4 Å². The molecular weight excluding hydrogens is 330 g/mol. The fourth-order valence-electron chi connectivity index (χ4n) is 2.30. The largest absolute Gasteiger partial charge is 0.488 e. The van der Waals surface area contributed by atoms with Crippen molar-refractivity contribution < 1.29 is 14.3 Å². The van der Waals surface area contributed by atoms with Crippen LogP contribution in [0, 0.1) is 0 Å². The van der Waals surface area contributed by atoms with Crippen molar-refractivity contribution in [3.8, 4) is 5.75 Å². The molecule has 0 radical (unpaired) electrons. The van der Waals surface area contributed by atoms with Gasteiger partial charge in [-0.1, -0.05) is 41.9 Å². The lowest BCUT2D eigenvalue weighted by Crippen LogP contribution is -2.16. The molecule has 1 N–H and O–H groups in total. The number of aromatic nitrogens is 1. The van der Waals surface area contributed by atoms with E-state index >= 15 is 0 Å². The zero-order chi connectivity index (χ0) is 16.9. The summed E-state index contributed by atoms with van der Waals surface area (Å²) >= 11 is 5.97. The first-order valence-electron chi connectivity index (χ1n) is 7.31. The van der Waals surface area contributed by atoms with E-state index in [9.17, 15) is 9.59 Å². The van der Waals surface area contributed by atoms with E-state index in [1.54, 1.807) is 48.5 Å². The molecule has 24 heavy (non-hydrogen) atoms. The molecule has 3 rings (SSSR count). The van der Waals surface area contributed by atoms with Crippen LogP contribution in [0.15, 0.2) is 59.4 Å². The molecule has 0 unspecified atom stereocenters. The number of hydrogen-bond acceptors (Lipinski definition) is 4. The third-order valence-corrected chi connectivity index (χ3v) is 3.69. The van der Waals surface area contributed by atoms with Gasteiger partial charge in [0.1, 0.15) is 19.0 Å². The number of carbonyl (C=O) groups excluding carboxylic acids is 1. The molecule has 0 amide bonds. The Kier molecular flexibility index (Phi) is 4.82. The molecule has 0 saturated heterocycles. The predicted molar refractivity (Wildman–Crippen MR) is 91.8 cm³/mol. The van der Waals surface area contributed by atoms with Gasteiger partial charge in [-0.15, -0.1) is 0 Å². The number of nitrogens with one attached hydrogen (secondary N) is 1. The number of esters is 1. The van der Waals surface area contributed by atoms with Gasteiger partial charge in [-0.25, -0.2) is 4.79 Å². The van der Waals surface area contributed by atoms with E-state index < -0.39 is 5.97 Å². The van der Waals surface area contributed by atoms with Crippen molar-refractivity contribution in [1.29, 1.82) is 0 Å². The molecule has 1 aromatic heterocycles. The van der Waals surface area contributed by atoms with E-state index in [-0.39, 0.29) is 24.3 Å². The Bertz CT molecular complexity index is 935. The lowest BCUT2D eigenvalue weighted by molar-refractivity contribution is 0.0452. The number of pyridine rings is 1. The SMILES string of the molecule is O=C(OCCOc1ccccc1Cl)c1cc(=O)[nH]c2ccccc12. The number of rotatable bonds is 5. The minimum absolute atomic E-state index is 0.0468. The van der Waals surface area contributed by atoms with Crippen LogP contribution in [0.5, 0.6) is 5.75 Å². The first-order chi connectivity index (χ1) is 11.6. The molecule has 0 saturated carbocycles. The van der Waals surface area contributed by atoms with Gasteiger partial charge >= 0.3 is 5.97 Å². The number of carbonyl (C=O) groups is 1. The van der Waals surface area contributed by atoms with Crippen LogP contribution in [0.25, 0.3) is 10.9 Å². The molecule has 5 nitrogen and oxygen atoms in total. The van der Waals surface area contributed by atoms with Crippen molar-refractivity contribution in [2.45, 2.75) is 0 Å². The van der Waals surface area contributed by atoms with Crippen LogP contribution in [0.4, 0.5) is 0 Å². The molecule has 0 bridgehead atoms. The normalized spacial score (nSPS) is 10.5. The molecule has 6 heteroatoms. The van der Waals surface area contributed by atoms with Crippen molar-refractivity contribution >= 4 is 28.5 Å². The summed E-state index contributed by atoms with van der Waals surface area (Å²) in [5, 5.41) is 1.12. The van der Waals surface area contributed by atoms with Crippen molar-refractivity contribution in [3.05, 3.63) is 75.5 Å². The van der Waals surface area contributed by atoms with Crippen LogP contribution in [-0.2, 0) is 4.74 Å². The molecule has 1 heterocycles. The number of hydrogen-bond donors (Lipinski definition) is 1. The summed E-state index contributed by atoms with van der Waals surface area (Å²) in [6.45, 7) is 0.210. The van der Waals surface area contributed by atoms with Crippen molar-refractivity contribution in [1.82, 2.24) is 4.98 Å². The third kappa shape index (κ3) is 3.58. The van der Waals surface area contributed by atoms with E-state index in [0.29, 0.717) is 21.7 Å². The number of benzene rings is 2. The highest BCUT2D eigenvalue weighted by molar-refractivity contribution is 6.32. The number of fused-ring (bicyclic) bond motifs is 1. The third-order valence-electron chi connectivity index (χ3n) is 3.38. The summed E-state index contributed by atoms with van der Waals surface area (Å²) < 4.78 is 10.7. The number of aromatic amines is 1. The monoisotopic (exact) mass is 343 g/mol. The van der Waals surface area contributed by atoms with Gasteiger partial charge in [0.15, 0.2) is 0 Å². The van der Waals surface area contributed by atoms with Crippen LogP contribution in [0.2, 0.25) is 5.02 Å². The predicted octanol–water partition coefficient (Wildman–Crippen LogP) is 3.42. The molecule has 0 aliphatic carbocycles. The molecule has 122 valence electrons. The fraction of sp³-hybridized carbons (Fsp3) is 0.111. The van der Waals surface area contributed by atoms with Gasteiger partial charge in [-0.05, 0) is 18.2 Å². The van der Waals surface area contributed by atoms with Crippen LogP contribution < -0.4 is 10.3 Å². The minimum atomic E-state index is -0.569. The van der Waals surface area contributed by atoms with Crippen molar-refractivity contribution in [2.24, 2.45) is 0 Å². The second-order valence-corrected chi connectivity index (χ2v) is 5.41. The number of H-pyrrole nitrogens is 1. The van der Waals surface area contributed by atoms with Crippen molar-refractivity contribution in [2.75, 3.05) is 13.2 Å². The summed E-state index contributed by atoms with van der Waals surface area (Å²) in [5.41, 5.74) is 0.462. The fourth-order valence-corrected chi connectivity index (χ4v) is 2.49. The van der Waals surface area contributed by atoms with E-state index in [1.807, 2.05) is 0 Å². The van der Waals surface area contributed by atoms with Gasteiger partial charge in [-0.2, -0.15) is 0 Å². The maximum atomic E-state index is 12.2. The van der Waals surface area contributed by atoms with Gasteiger partial charge in [0.05, 0.1) is 10.6 Å². The summed E-state index contributed by atoms with van der Waals surface area (Å²) in [5.74, 6) is -0.0446. The van der Waals surface area contributed by atoms with Gasteiger partial charge in [0.25, 0.3) is 0 Å². The van der Waals surface area contributed by atoms with Crippen LogP contribution in [0.3, 0.4) is 0 Å². The Hall–Kier alpha value is -2.79. The zero-order valence-electron chi connectivity index (χ0n) is 12.6. The molecule has 0 spiro atoms. The summed E-state index contributed by atoms with van der Waals surface area (Å²) in [6, 6.07) is 15.3. The van der Waals surface area contributed by atoms with E-state index in [1.165, 1.54) is 6.07 Å². The summed E-state index contributed by atoms with van der Waals surface area (Å²) in [6.07, 6.45) is 0. The minimum Gasteiger partial charge on any atom is -0.488 e. The molecule has 0 fully saturated rings. The van der Waals surface area contributed by atoms with Crippen LogP contribution in [-0.4, -0.2) is 24.2 Å². The second kappa shape index (κ2) is 7.19. The molecule has 3 aromatic rings. The highest BCUT2D eigenvalue weighted by Crippen LogP contribution is 2.23. The van der Waals surface area contributed by atoms with E-state index in [2.05, 4.69) is 4.98 Å². The smallest absolute Gasteiger partial charge is 0.339 e. The standard InChI is InChI=1S/C18H14ClNO4/c19-14-6-2-4-8-16(14)23-9-10-24-18(22)13-11-17(21)20-15-7-3-1-5-12(13)15/h1-8,11H,9-10H2,(H,20,21). The van der Waals surface area contributed by atoms with E-state index in [0.717, 1.165) is 0 Å². The zero-order valence-corrected chi connectivity index (χ0v) is 13.4. The Labute approximate surface area is 142 Å². The highest BCUT2D eigenvalue weighted by Gasteiger charge is 2.13. The number of ether oxygens (including phenoxy) is 2. The summed E-state index contributed by atoms with van der Waals surface area (Å²) in [7, 11) is 0. The Balaban J connectivity index is 1.66. The summed E-state index contributed by atoms with van der Waals surface area (Å²) in [4.78, 5) is 26.6. The maximum absolute atomic E-state index is 12.2.